The second kappa shape index (κ2) is 2.24. The zero-order valence-corrected chi connectivity index (χ0v) is 7.05. The first kappa shape index (κ1) is 7.16. The lowest BCUT2D eigenvalue weighted by molar-refractivity contribution is 0.472. The maximum atomic E-state index is 9.37. The molecule has 0 aliphatic rings. The van der Waals surface area contributed by atoms with Gasteiger partial charge in [0.25, 0.3) is 0 Å². The lowest BCUT2D eigenvalue weighted by atomic mass is 10.1. The van der Waals surface area contributed by atoms with E-state index in [1.807, 2.05) is 19.9 Å². The first-order chi connectivity index (χ1) is 5.68. The van der Waals surface area contributed by atoms with Crippen molar-refractivity contribution in [1.29, 1.82) is 0 Å². The maximum Gasteiger partial charge on any atom is 0.120 e. The van der Waals surface area contributed by atoms with E-state index in [-0.39, 0.29) is 0 Å². The molecule has 12 heavy (non-hydrogen) atoms. The van der Waals surface area contributed by atoms with E-state index in [1.165, 1.54) is 0 Å². The molecule has 62 valence electrons. The number of hydrogen-bond acceptors (Lipinski definition) is 2. The monoisotopic (exact) mass is 162 g/mol. The molecule has 0 aliphatic carbocycles. The normalized spacial score (nSPS) is 10.8. The van der Waals surface area contributed by atoms with Gasteiger partial charge in [-0.05, 0) is 25.5 Å². The minimum absolute atomic E-state index is 0.300. The molecule has 2 N–H and O–H groups in total. The Balaban J connectivity index is 2.87. The quantitative estimate of drug-likeness (QED) is 0.621. The highest BCUT2D eigenvalue weighted by molar-refractivity contribution is 5.83. The highest BCUT2D eigenvalue weighted by Gasteiger charge is 2.04. The Morgan fingerprint density at radius 1 is 1.33 bits per heavy atom. The van der Waals surface area contributed by atoms with Crippen LogP contribution in [0.5, 0.6) is 5.75 Å². The Bertz CT molecular complexity index is 431. The largest absolute Gasteiger partial charge is 0.508 e. The molecule has 1 aromatic carbocycles. The van der Waals surface area contributed by atoms with E-state index < -0.39 is 0 Å². The number of nitrogens with zero attached hydrogens (tertiary/aromatic N) is 1. The summed E-state index contributed by atoms with van der Waals surface area (Å²) in [6.07, 6.45) is 0. The average Bonchev–Trinajstić information content (AvgIpc) is 2.35. The second-order valence-electron chi connectivity index (χ2n) is 3.00. The Morgan fingerprint density at radius 3 is 2.83 bits per heavy atom. The fourth-order valence-corrected chi connectivity index (χ4v) is 1.28. The zero-order valence-electron chi connectivity index (χ0n) is 7.05. The molecule has 0 amide bonds. The van der Waals surface area contributed by atoms with Crippen LogP contribution in [0.4, 0.5) is 0 Å². The molecule has 2 rings (SSSR count). The zero-order chi connectivity index (χ0) is 8.72. The van der Waals surface area contributed by atoms with Gasteiger partial charge in [-0.3, -0.25) is 5.10 Å². The SMILES string of the molecule is Cc1cc2c(C)[nH]nc2cc1O. The second-order valence-corrected chi connectivity index (χ2v) is 3.00. The Morgan fingerprint density at radius 2 is 2.08 bits per heavy atom. The summed E-state index contributed by atoms with van der Waals surface area (Å²) in [5, 5.41) is 17.4. The van der Waals surface area contributed by atoms with Crippen LogP contribution in [-0.4, -0.2) is 15.3 Å². The van der Waals surface area contributed by atoms with Crippen molar-refractivity contribution in [2.75, 3.05) is 0 Å². The van der Waals surface area contributed by atoms with Crippen molar-refractivity contribution in [3.8, 4) is 5.75 Å². The van der Waals surface area contributed by atoms with Gasteiger partial charge in [-0.2, -0.15) is 5.10 Å². The summed E-state index contributed by atoms with van der Waals surface area (Å²) >= 11 is 0. The number of phenolic OH excluding ortho intramolecular Hbond substituents is 1. The number of fused-ring (bicyclic) bond motifs is 1. The van der Waals surface area contributed by atoms with E-state index >= 15 is 0 Å². The van der Waals surface area contributed by atoms with Gasteiger partial charge >= 0.3 is 0 Å². The molecule has 0 radical (unpaired) electrons. The molecule has 0 spiro atoms. The van der Waals surface area contributed by atoms with E-state index in [2.05, 4.69) is 10.2 Å². The maximum absolute atomic E-state index is 9.37. The standard InChI is InChI=1S/C9H10N2O/c1-5-3-7-6(2)10-11-8(7)4-9(5)12/h3-4,12H,1-2H3,(H,10,11). The first-order valence-electron chi connectivity index (χ1n) is 3.83. The van der Waals surface area contributed by atoms with Crippen molar-refractivity contribution >= 4 is 10.9 Å². The lowest BCUT2D eigenvalue weighted by Gasteiger charge is -1.97. The van der Waals surface area contributed by atoms with Crippen LogP contribution in [-0.2, 0) is 0 Å². The number of aromatic nitrogens is 2. The number of hydrogen-bond donors (Lipinski definition) is 2. The van der Waals surface area contributed by atoms with Gasteiger partial charge in [0.15, 0.2) is 0 Å². The molecule has 0 bridgehead atoms. The van der Waals surface area contributed by atoms with Crippen LogP contribution in [0.2, 0.25) is 0 Å². The lowest BCUT2D eigenvalue weighted by Crippen LogP contribution is -1.75. The summed E-state index contributed by atoms with van der Waals surface area (Å²) in [6, 6.07) is 3.61. The molecule has 3 heteroatoms. The summed E-state index contributed by atoms with van der Waals surface area (Å²) in [6.45, 7) is 3.84. The number of nitrogens with one attached hydrogen (secondary N) is 1. The van der Waals surface area contributed by atoms with Crippen LogP contribution in [0.25, 0.3) is 10.9 Å². The van der Waals surface area contributed by atoms with E-state index in [9.17, 15) is 5.11 Å². The molecule has 0 fully saturated rings. The average molecular weight is 162 g/mol. The predicted octanol–water partition coefficient (Wildman–Crippen LogP) is 1.89. The Labute approximate surface area is 70.0 Å². The summed E-state index contributed by atoms with van der Waals surface area (Å²) in [4.78, 5) is 0. The third kappa shape index (κ3) is 0.863. The van der Waals surface area contributed by atoms with Crippen molar-refractivity contribution in [2.24, 2.45) is 0 Å². The number of phenols is 1. The smallest absolute Gasteiger partial charge is 0.120 e. The van der Waals surface area contributed by atoms with Crippen molar-refractivity contribution in [2.45, 2.75) is 13.8 Å². The number of rotatable bonds is 0. The minimum Gasteiger partial charge on any atom is -0.508 e. The molecule has 0 aliphatic heterocycles. The van der Waals surface area contributed by atoms with Crippen molar-refractivity contribution < 1.29 is 5.11 Å². The van der Waals surface area contributed by atoms with Gasteiger partial charge < -0.3 is 5.11 Å². The van der Waals surface area contributed by atoms with Crippen LogP contribution in [0, 0.1) is 13.8 Å². The van der Waals surface area contributed by atoms with Crippen LogP contribution < -0.4 is 0 Å². The molecule has 0 atom stereocenters. The fourth-order valence-electron chi connectivity index (χ4n) is 1.28. The molecular weight excluding hydrogens is 152 g/mol. The Kier molecular flexibility index (Phi) is 1.33. The van der Waals surface area contributed by atoms with Gasteiger partial charge in [-0.1, -0.05) is 0 Å². The highest BCUT2D eigenvalue weighted by Crippen LogP contribution is 2.24. The number of benzene rings is 1. The molecule has 1 aromatic heterocycles. The minimum atomic E-state index is 0.300. The summed E-state index contributed by atoms with van der Waals surface area (Å²) < 4.78 is 0. The third-order valence-corrected chi connectivity index (χ3v) is 2.06. The number of H-pyrrole nitrogens is 1. The van der Waals surface area contributed by atoms with E-state index in [0.29, 0.717) is 5.75 Å². The number of aryl methyl sites for hydroxylation is 2. The molecule has 1 heterocycles. The van der Waals surface area contributed by atoms with E-state index in [4.69, 9.17) is 0 Å². The van der Waals surface area contributed by atoms with Gasteiger partial charge in [0.1, 0.15) is 5.75 Å². The van der Waals surface area contributed by atoms with Crippen LogP contribution in [0.3, 0.4) is 0 Å². The van der Waals surface area contributed by atoms with Gasteiger partial charge in [0.05, 0.1) is 5.52 Å². The predicted molar refractivity (Wildman–Crippen MR) is 47.2 cm³/mol. The number of aromatic hydroxyl groups is 1. The molecular formula is C9H10N2O. The third-order valence-electron chi connectivity index (χ3n) is 2.06. The molecule has 2 aromatic rings. The van der Waals surface area contributed by atoms with Gasteiger partial charge in [0.2, 0.25) is 0 Å². The molecule has 0 saturated carbocycles. The van der Waals surface area contributed by atoms with Gasteiger partial charge in [-0.15, -0.1) is 0 Å². The molecule has 3 nitrogen and oxygen atoms in total. The fraction of sp³-hybridized carbons (Fsp3) is 0.222. The highest BCUT2D eigenvalue weighted by atomic mass is 16.3. The van der Waals surface area contributed by atoms with Crippen molar-refractivity contribution in [3.05, 3.63) is 23.4 Å². The van der Waals surface area contributed by atoms with Crippen LogP contribution in [0.1, 0.15) is 11.3 Å². The van der Waals surface area contributed by atoms with Crippen LogP contribution in [0.15, 0.2) is 12.1 Å². The topological polar surface area (TPSA) is 48.9 Å². The van der Waals surface area contributed by atoms with Crippen molar-refractivity contribution in [1.82, 2.24) is 10.2 Å². The van der Waals surface area contributed by atoms with Crippen LogP contribution >= 0.6 is 0 Å². The van der Waals surface area contributed by atoms with Gasteiger partial charge in [0, 0.05) is 17.1 Å². The summed E-state index contributed by atoms with van der Waals surface area (Å²) in [7, 11) is 0. The van der Waals surface area contributed by atoms with Gasteiger partial charge in [-0.25, -0.2) is 0 Å². The Hall–Kier alpha value is -1.51. The van der Waals surface area contributed by atoms with Crippen molar-refractivity contribution in [3.63, 3.8) is 0 Å². The number of aromatic amines is 1. The van der Waals surface area contributed by atoms with E-state index in [1.54, 1.807) is 6.07 Å². The molecule has 0 unspecified atom stereocenters. The summed E-state index contributed by atoms with van der Waals surface area (Å²) in [5.41, 5.74) is 2.73. The first-order valence-corrected chi connectivity index (χ1v) is 3.83. The molecule has 0 saturated heterocycles. The van der Waals surface area contributed by atoms with E-state index in [0.717, 1.165) is 22.2 Å². The summed E-state index contributed by atoms with van der Waals surface area (Å²) in [5.74, 6) is 0.300.